The van der Waals surface area contributed by atoms with E-state index in [9.17, 15) is 4.79 Å². The highest BCUT2D eigenvalue weighted by atomic mass is 35.5. The minimum atomic E-state index is -0.393. The van der Waals surface area contributed by atoms with Crippen molar-refractivity contribution in [3.05, 3.63) is 34.9 Å². The van der Waals surface area contributed by atoms with E-state index in [0.29, 0.717) is 18.1 Å². The average molecular weight is 268 g/mol. The van der Waals surface area contributed by atoms with Gasteiger partial charge in [0.05, 0.1) is 12.0 Å². The summed E-state index contributed by atoms with van der Waals surface area (Å²) in [5, 5.41) is 9.67. The summed E-state index contributed by atoms with van der Waals surface area (Å²) in [5.41, 5.74) is 0.604. The van der Waals surface area contributed by atoms with E-state index in [1.54, 1.807) is 4.90 Å². The van der Waals surface area contributed by atoms with Gasteiger partial charge in [-0.15, -0.1) is 0 Å². The summed E-state index contributed by atoms with van der Waals surface area (Å²) in [5.74, 6) is 0.112. The monoisotopic (exact) mass is 267 g/mol. The quantitative estimate of drug-likeness (QED) is 0.889. The van der Waals surface area contributed by atoms with E-state index >= 15 is 0 Å². The van der Waals surface area contributed by atoms with Crippen LogP contribution in [0, 0.1) is 0 Å². The smallest absolute Gasteiger partial charge is 0.233 e. The van der Waals surface area contributed by atoms with Gasteiger partial charge >= 0.3 is 0 Å². The van der Waals surface area contributed by atoms with E-state index in [1.165, 1.54) is 0 Å². The Labute approximate surface area is 112 Å². The van der Waals surface area contributed by atoms with Crippen LogP contribution in [0.25, 0.3) is 0 Å². The predicted molar refractivity (Wildman–Crippen MR) is 71.7 cm³/mol. The van der Waals surface area contributed by atoms with Crippen LogP contribution >= 0.6 is 11.6 Å². The molecule has 1 saturated carbocycles. The van der Waals surface area contributed by atoms with E-state index in [2.05, 4.69) is 0 Å². The summed E-state index contributed by atoms with van der Waals surface area (Å²) in [6.45, 7) is 2.96. The normalized spacial score (nSPS) is 16.4. The van der Waals surface area contributed by atoms with Crippen LogP contribution in [0.2, 0.25) is 5.02 Å². The molecule has 0 unspecified atom stereocenters. The average Bonchev–Trinajstić information content (AvgIpc) is 3.16. The Hall–Kier alpha value is -1.06. The molecule has 1 aromatic rings. The molecule has 1 fully saturated rings. The van der Waals surface area contributed by atoms with Crippen LogP contribution in [0.15, 0.2) is 24.3 Å². The number of aliphatic hydroxyl groups excluding tert-OH is 1. The second-order valence-corrected chi connectivity index (χ2v) is 5.14. The van der Waals surface area contributed by atoms with Crippen LogP contribution in [0.4, 0.5) is 0 Å². The second-order valence-electron chi connectivity index (χ2n) is 4.70. The largest absolute Gasteiger partial charge is 0.395 e. The molecular weight excluding hydrogens is 250 g/mol. The molecule has 4 heteroatoms. The van der Waals surface area contributed by atoms with Crippen molar-refractivity contribution in [3.8, 4) is 0 Å². The van der Waals surface area contributed by atoms with Crippen molar-refractivity contribution < 1.29 is 9.90 Å². The summed E-state index contributed by atoms with van der Waals surface area (Å²) in [6, 6.07) is 7.53. The van der Waals surface area contributed by atoms with Gasteiger partial charge in [-0.05, 0) is 37.5 Å². The van der Waals surface area contributed by atoms with Crippen molar-refractivity contribution in [3.63, 3.8) is 0 Å². The molecule has 1 aliphatic carbocycles. The lowest BCUT2D eigenvalue weighted by atomic mass is 9.94. The van der Waals surface area contributed by atoms with Gasteiger partial charge in [-0.3, -0.25) is 4.79 Å². The number of amides is 1. The first kappa shape index (κ1) is 13.4. The third-order valence-electron chi connectivity index (χ3n) is 3.58. The molecule has 0 saturated heterocycles. The third-order valence-corrected chi connectivity index (χ3v) is 3.81. The van der Waals surface area contributed by atoms with Crippen LogP contribution in [-0.4, -0.2) is 35.6 Å². The number of halogens is 1. The molecule has 1 amide bonds. The molecule has 0 bridgehead atoms. The molecule has 0 spiro atoms. The maximum atomic E-state index is 12.5. The minimum absolute atomic E-state index is 0.00516. The molecule has 0 aliphatic heterocycles. The Bertz CT molecular complexity index is 443. The summed E-state index contributed by atoms with van der Waals surface area (Å²) in [7, 11) is 0. The second kappa shape index (κ2) is 5.29. The van der Waals surface area contributed by atoms with Crippen molar-refractivity contribution in [2.24, 2.45) is 0 Å². The predicted octanol–water partition coefficient (Wildman–Crippen LogP) is 2.21. The first-order valence-corrected chi connectivity index (χ1v) is 6.68. The standard InChI is InChI=1S/C14H18ClNO2/c1-2-16(8-9-17)13(18)14(6-7-14)11-4-3-5-12(15)10-11/h3-5,10,17H,2,6-9H2,1H3. The Morgan fingerprint density at radius 1 is 1.50 bits per heavy atom. The molecule has 0 atom stereocenters. The zero-order valence-corrected chi connectivity index (χ0v) is 11.3. The van der Waals surface area contributed by atoms with E-state index < -0.39 is 5.41 Å². The Kier molecular flexibility index (Phi) is 3.93. The highest BCUT2D eigenvalue weighted by molar-refractivity contribution is 6.30. The van der Waals surface area contributed by atoms with E-state index in [4.69, 9.17) is 16.7 Å². The molecule has 2 rings (SSSR count). The SMILES string of the molecule is CCN(CCO)C(=O)C1(c2cccc(Cl)c2)CC1. The van der Waals surface area contributed by atoms with Crippen LogP contribution in [0.5, 0.6) is 0 Å². The zero-order valence-electron chi connectivity index (χ0n) is 10.5. The lowest BCUT2D eigenvalue weighted by molar-refractivity contribution is -0.134. The number of hydrogen-bond donors (Lipinski definition) is 1. The first-order chi connectivity index (χ1) is 8.64. The van der Waals surface area contributed by atoms with Gasteiger partial charge in [-0.25, -0.2) is 0 Å². The van der Waals surface area contributed by atoms with Gasteiger partial charge in [0.25, 0.3) is 0 Å². The number of rotatable bonds is 5. The number of likely N-dealkylation sites (N-methyl/N-ethyl adjacent to an activating group) is 1. The van der Waals surface area contributed by atoms with Gasteiger partial charge < -0.3 is 10.0 Å². The molecule has 18 heavy (non-hydrogen) atoms. The molecular formula is C14H18ClNO2. The molecule has 0 heterocycles. The number of benzene rings is 1. The van der Waals surface area contributed by atoms with Gasteiger partial charge in [0.1, 0.15) is 0 Å². The highest BCUT2D eigenvalue weighted by Gasteiger charge is 2.52. The Morgan fingerprint density at radius 3 is 2.72 bits per heavy atom. The van der Waals surface area contributed by atoms with Crippen LogP contribution < -0.4 is 0 Å². The van der Waals surface area contributed by atoms with E-state index in [-0.39, 0.29) is 12.5 Å². The van der Waals surface area contributed by atoms with E-state index in [0.717, 1.165) is 18.4 Å². The number of carbonyl (C=O) groups is 1. The Morgan fingerprint density at radius 2 is 2.22 bits per heavy atom. The van der Waals surface area contributed by atoms with Crippen molar-refractivity contribution in [2.75, 3.05) is 19.7 Å². The lowest BCUT2D eigenvalue weighted by Gasteiger charge is -2.26. The van der Waals surface area contributed by atoms with Crippen molar-refractivity contribution in [1.29, 1.82) is 0 Å². The molecule has 0 radical (unpaired) electrons. The topological polar surface area (TPSA) is 40.5 Å². The highest BCUT2D eigenvalue weighted by Crippen LogP contribution is 2.50. The molecule has 0 aromatic heterocycles. The fourth-order valence-electron chi connectivity index (χ4n) is 2.36. The summed E-state index contributed by atoms with van der Waals surface area (Å²) >= 11 is 5.99. The fraction of sp³-hybridized carbons (Fsp3) is 0.500. The van der Waals surface area contributed by atoms with Gasteiger partial charge in [-0.2, -0.15) is 0 Å². The number of aliphatic hydroxyl groups is 1. The van der Waals surface area contributed by atoms with Crippen LogP contribution in [0.1, 0.15) is 25.3 Å². The van der Waals surface area contributed by atoms with Crippen LogP contribution in [0.3, 0.4) is 0 Å². The number of hydrogen-bond acceptors (Lipinski definition) is 2. The molecule has 3 nitrogen and oxygen atoms in total. The van der Waals surface area contributed by atoms with E-state index in [1.807, 2.05) is 31.2 Å². The van der Waals surface area contributed by atoms with Crippen molar-refractivity contribution in [2.45, 2.75) is 25.2 Å². The lowest BCUT2D eigenvalue weighted by Crippen LogP contribution is -2.40. The van der Waals surface area contributed by atoms with Gasteiger partial charge in [0.15, 0.2) is 0 Å². The van der Waals surface area contributed by atoms with Gasteiger partial charge in [0.2, 0.25) is 5.91 Å². The van der Waals surface area contributed by atoms with Crippen LogP contribution in [-0.2, 0) is 10.2 Å². The van der Waals surface area contributed by atoms with Gasteiger partial charge in [0, 0.05) is 18.1 Å². The maximum Gasteiger partial charge on any atom is 0.233 e. The molecule has 1 aromatic carbocycles. The summed E-state index contributed by atoms with van der Waals surface area (Å²) in [6.07, 6.45) is 1.74. The summed E-state index contributed by atoms with van der Waals surface area (Å²) < 4.78 is 0. The summed E-state index contributed by atoms with van der Waals surface area (Å²) in [4.78, 5) is 14.2. The minimum Gasteiger partial charge on any atom is -0.395 e. The fourth-order valence-corrected chi connectivity index (χ4v) is 2.55. The zero-order chi connectivity index (χ0) is 13.2. The first-order valence-electron chi connectivity index (χ1n) is 6.30. The molecule has 1 N–H and O–H groups in total. The van der Waals surface area contributed by atoms with Crippen molar-refractivity contribution >= 4 is 17.5 Å². The number of carbonyl (C=O) groups excluding carboxylic acids is 1. The molecule has 98 valence electrons. The Balaban J connectivity index is 2.23. The van der Waals surface area contributed by atoms with Crippen molar-refractivity contribution in [1.82, 2.24) is 4.90 Å². The van der Waals surface area contributed by atoms with Gasteiger partial charge in [-0.1, -0.05) is 23.7 Å². The molecule has 1 aliphatic rings. The number of nitrogens with zero attached hydrogens (tertiary/aromatic N) is 1. The maximum absolute atomic E-state index is 12.5. The third kappa shape index (κ3) is 2.38.